The topological polar surface area (TPSA) is 160 Å². The van der Waals surface area contributed by atoms with Gasteiger partial charge in [-0.3, -0.25) is 24.0 Å². The van der Waals surface area contributed by atoms with Crippen molar-refractivity contribution < 1.29 is 74.7 Å². The van der Waals surface area contributed by atoms with Gasteiger partial charge >= 0.3 is 12.4 Å². The highest BCUT2D eigenvalue weighted by atomic mass is 19.4. The maximum absolute atomic E-state index is 13.3. The molecule has 2 fully saturated rings. The first kappa shape index (κ1) is 49.2. The van der Waals surface area contributed by atoms with Gasteiger partial charge < -0.3 is 34.2 Å². The van der Waals surface area contributed by atoms with Gasteiger partial charge in [-0.05, 0) is 67.6 Å². The van der Waals surface area contributed by atoms with Gasteiger partial charge in [0.2, 0.25) is 0 Å². The Kier molecular flexibility index (Phi) is 16.5. The van der Waals surface area contributed by atoms with E-state index in [9.17, 15) is 50.3 Å². The number of methoxy groups -OCH3 is 2. The molecule has 2 saturated heterocycles. The number of phenolic OH excluding ortho intramolecular Hbond substituents is 1. The standard InChI is InChI=1S/C22H20F3NO4.C14H14F3NO3.C8H8O2.CH4O/c1-29-19-7-6-14(12-16(19)22(23,24)25)20(28)26-10-8-21(9-11-26)13-17(27)15-4-2-3-5-18(15)30-21;1-21-12-3-2-9(8-11(12)14(15,16)17)13(20)18-6-4-10(19)5-7-18;1-6(9)7-4-2-3-5-8(7)10;1-2/h2-7,12H,8-11,13H2,1H3;2-3,8H,4-7H2,1H3;2-5,10H,1H3;2H,1H3. The Balaban J connectivity index is 0.000000228. The van der Waals surface area contributed by atoms with E-state index >= 15 is 0 Å². The number of carbonyl (C=O) groups excluding carboxylic acids is 5. The van der Waals surface area contributed by atoms with E-state index < -0.39 is 40.9 Å². The van der Waals surface area contributed by atoms with Crippen LogP contribution < -0.4 is 14.2 Å². The van der Waals surface area contributed by atoms with Crippen molar-refractivity contribution in [3.05, 3.63) is 118 Å². The predicted molar refractivity (Wildman–Crippen MR) is 216 cm³/mol. The smallest absolute Gasteiger partial charge is 0.419 e. The van der Waals surface area contributed by atoms with Gasteiger partial charge in [-0.15, -0.1) is 0 Å². The summed E-state index contributed by atoms with van der Waals surface area (Å²) in [4.78, 5) is 62.3. The number of ether oxygens (including phenoxy) is 3. The van der Waals surface area contributed by atoms with Crippen molar-refractivity contribution in [2.75, 3.05) is 47.5 Å². The van der Waals surface area contributed by atoms with Crippen LogP contribution >= 0.6 is 0 Å². The zero-order chi connectivity index (χ0) is 46.7. The molecule has 0 aromatic heterocycles. The normalized spacial score (nSPS) is 15.5. The number of likely N-dealkylation sites (tertiary alicyclic amines) is 2. The molecule has 0 bridgehead atoms. The van der Waals surface area contributed by atoms with E-state index in [-0.39, 0.29) is 78.1 Å². The van der Waals surface area contributed by atoms with Crippen molar-refractivity contribution in [3.8, 4) is 23.0 Å². The number of aliphatic hydroxyl groups excluding tert-OH is 1. The minimum absolute atomic E-state index is 0.00148. The van der Waals surface area contributed by atoms with Crippen LogP contribution in [0.2, 0.25) is 0 Å². The molecule has 3 heterocycles. The number of carbonyl (C=O) groups is 5. The van der Waals surface area contributed by atoms with E-state index in [1.165, 1.54) is 34.9 Å². The Bertz CT molecular complexity index is 2280. The zero-order valence-electron chi connectivity index (χ0n) is 34.8. The van der Waals surface area contributed by atoms with Gasteiger partial charge in [0, 0.05) is 70.1 Å². The van der Waals surface area contributed by atoms with Gasteiger partial charge in [0.15, 0.2) is 11.6 Å². The van der Waals surface area contributed by atoms with E-state index in [4.69, 9.17) is 19.7 Å². The van der Waals surface area contributed by atoms with Crippen molar-refractivity contribution in [3.63, 3.8) is 0 Å². The summed E-state index contributed by atoms with van der Waals surface area (Å²) in [6.07, 6.45) is -7.65. The first-order valence-electron chi connectivity index (χ1n) is 19.4. The molecule has 3 aliphatic heterocycles. The number of aromatic hydroxyl groups is 1. The Morgan fingerprint density at radius 2 is 1.14 bits per heavy atom. The molecule has 3 aliphatic rings. The number of nitrogens with zero attached hydrogens (tertiary/aromatic N) is 2. The van der Waals surface area contributed by atoms with Gasteiger partial charge in [-0.25, -0.2) is 0 Å². The number of benzene rings is 4. The lowest BCUT2D eigenvalue weighted by molar-refractivity contribution is -0.139. The number of amides is 2. The highest BCUT2D eigenvalue weighted by Crippen LogP contribution is 2.41. The van der Waals surface area contributed by atoms with Gasteiger partial charge in [0.25, 0.3) is 11.8 Å². The number of ketones is 3. The number of hydrogen-bond acceptors (Lipinski definition) is 10. The number of para-hydroxylation sites is 2. The molecule has 12 nitrogen and oxygen atoms in total. The molecule has 1 spiro atoms. The molecule has 0 atom stereocenters. The molecule has 7 rings (SSSR count). The van der Waals surface area contributed by atoms with Crippen LogP contribution in [-0.2, 0) is 17.1 Å². The molecule has 0 radical (unpaired) electrons. The molecular formula is C45H46F6N2O10. The van der Waals surface area contributed by atoms with Gasteiger partial charge in [0.1, 0.15) is 34.4 Å². The first-order valence-corrected chi connectivity index (χ1v) is 19.4. The number of halogens is 6. The minimum atomic E-state index is -4.63. The van der Waals surface area contributed by atoms with E-state index in [2.05, 4.69) is 4.74 Å². The van der Waals surface area contributed by atoms with Crippen LogP contribution in [0.3, 0.4) is 0 Å². The van der Waals surface area contributed by atoms with Crippen LogP contribution in [0.15, 0.2) is 84.9 Å². The number of rotatable bonds is 5. The fourth-order valence-corrected chi connectivity index (χ4v) is 7.06. The molecule has 338 valence electrons. The largest absolute Gasteiger partial charge is 0.507 e. The number of hydrogen-bond donors (Lipinski definition) is 2. The Morgan fingerprint density at radius 1 is 0.683 bits per heavy atom. The molecule has 18 heteroatoms. The van der Waals surface area contributed by atoms with Crippen molar-refractivity contribution in [1.29, 1.82) is 0 Å². The number of phenols is 1. The summed E-state index contributed by atoms with van der Waals surface area (Å²) in [6.45, 7) is 2.49. The van der Waals surface area contributed by atoms with E-state index in [1.54, 1.807) is 42.5 Å². The summed E-state index contributed by atoms with van der Waals surface area (Å²) in [5.74, 6) is -1.11. The summed E-state index contributed by atoms with van der Waals surface area (Å²) >= 11 is 0. The average molecular weight is 889 g/mol. The minimum Gasteiger partial charge on any atom is -0.507 e. The maximum atomic E-state index is 13.3. The molecule has 63 heavy (non-hydrogen) atoms. The lowest BCUT2D eigenvalue weighted by Gasteiger charge is -2.44. The average Bonchev–Trinajstić information content (AvgIpc) is 3.26. The van der Waals surface area contributed by atoms with Gasteiger partial charge in [-0.2, -0.15) is 26.3 Å². The van der Waals surface area contributed by atoms with Crippen LogP contribution in [0.1, 0.15) is 91.6 Å². The van der Waals surface area contributed by atoms with Crippen LogP contribution in [0.5, 0.6) is 23.0 Å². The highest BCUT2D eigenvalue weighted by molar-refractivity contribution is 6.00. The number of piperidine rings is 2. The molecular weight excluding hydrogens is 842 g/mol. The Labute approximate surface area is 359 Å². The fourth-order valence-electron chi connectivity index (χ4n) is 7.06. The predicted octanol–water partition coefficient (Wildman–Crippen LogP) is 8.08. The highest BCUT2D eigenvalue weighted by Gasteiger charge is 2.44. The van der Waals surface area contributed by atoms with Crippen molar-refractivity contribution in [1.82, 2.24) is 9.80 Å². The second kappa shape index (κ2) is 21.1. The maximum Gasteiger partial charge on any atom is 0.419 e. The fraction of sp³-hybridized carbons (Fsp3) is 0.356. The number of alkyl halides is 6. The number of fused-ring (bicyclic) bond motifs is 1. The summed E-state index contributed by atoms with van der Waals surface area (Å²) in [7, 11) is 3.29. The lowest BCUT2D eigenvalue weighted by Crippen LogP contribution is -2.52. The Morgan fingerprint density at radius 3 is 1.59 bits per heavy atom. The Hall–Kier alpha value is -6.43. The summed E-state index contributed by atoms with van der Waals surface area (Å²) in [5, 5.41) is 16.1. The van der Waals surface area contributed by atoms with Crippen LogP contribution in [0.4, 0.5) is 26.3 Å². The SMILES string of the molecule is CC(=O)c1ccccc1O.CO.COc1ccc(C(=O)N2CCC(=O)CC2)cc1C(F)(F)F.COc1ccc(C(=O)N2CCC3(CC2)CC(=O)c2ccccc2O3)cc1C(F)(F)F. The number of aliphatic hydroxyl groups is 1. The molecule has 2 N–H and O–H groups in total. The third-order valence-electron chi connectivity index (χ3n) is 10.4. The van der Waals surface area contributed by atoms with Crippen molar-refractivity contribution >= 4 is 29.2 Å². The third-order valence-corrected chi connectivity index (χ3v) is 10.4. The molecule has 4 aromatic carbocycles. The molecule has 0 aliphatic carbocycles. The quantitative estimate of drug-likeness (QED) is 0.148. The van der Waals surface area contributed by atoms with Crippen molar-refractivity contribution in [2.24, 2.45) is 0 Å². The monoisotopic (exact) mass is 888 g/mol. The van der Waals surface area contributed by atoms with E-state index in [1.807, 2.05) is 0 Å². The van der Waals surface area contributed by atoms with Crippen LogP contribution in [-0.4, -0.2) is 102 Å². The van der Waals surface area contributed by atoms with Crippen LogP contribution in [0.25, 0.3) is 0 Å². The summed E-state index contributed by atoms with van der Waals surface area (Å²) < 4.78 is 94.1. The first-order chi connectivity index (χ1) is 29.8. The zero-order valence-corrected chi connectivity index (χ0v) is 34.8. The van der Waals surface area contributed by atoms with E-state index in [0.717, 1.165) is 45.6 Å². The second-order valence-electron chi connectivity index (χ2n) is 14.4. The molecule has 2 amide bonds. The summed E-state index contributed by atoms with van der Waals surface area (Å²) in [6, 6.07) is 20.1. The van der Waals surface area contributed by atoms with Crippen LogP contribution in [0, 0.1) is 0 Å². The molecule has 4 aromatic rings. The van der Waals surface area contributed by atoms with Gasteiger partial charge in [0.05, 0.1) is 42.9 Å². The summed E-state index contributed by atoms with van der Waals surface area (Å²) in [5.41, 5.74) is -1.82. The van der Waals surface area contributed by atoms with Crippen molar-refractivity contribution in [2.45, 2.75) is 57.0 Å². The van der Waals surface area contributed by atoms with E-state index in [0.29, 0.717) is 42.8 Å². The third kappa shape index (κ3) is 12.4. The lowest BCUT2D eigenvalue weighted by atomic mass is 9.82. The second-order valence-corrected chi connectivity index (χ2v) is 14.4. The molecule has 0 saturated carbocycles. The molecule has 0 unspecified atom stereocenters. The van der Waals surface area contributed by atoms with Gasteiger partial charge in [-0.1, -0.05) is 24.3 Å². The number of Topliss-reactive ketones (excluding diaryl/α,β-unsaturated/α-hetero) is 3.